The summed E-state index contributed by atoms with van der Waals surface area (Å²) in [7, 11) is 0. The van der Waals surface area contributed by atoms with E-state index in [-0.39, 0.29) is 16.7 Å². The van der Waals surface area contributed by atoms with Crippen LogP contribution < -0.4 is 4.90 Å². The first-order valence-electron chi connectivity index (χ1n) is 7.51. The average Bonchev–Trinajstić information content (AvgIpc) is 3.09. The number of anilines is 1. The molecule has 0 bridgehead atoms. The first kappa shape index (κ1) is 15.0. The summed E-state index contributed by atoms with van der Waals surface area (Å²) in [6.45, 7) is 3.58. The number of nitro benzene ring substituents is 1. The molecular formula is C16H17N5O2. The van der Waals surface area contributed by atoms with Gasteiger partial charge < -0.3 is 9.47 Å². The van der Waals surface area contributed by atoms with Crippen LogP contribution in [-0.2, 0) is 0 Å². The summed E-state index contributed by atoms with van der Waals surface area (Å²) in [6, 6.07) is 6.77. The van der Waals surface area contributed by atoms with Gasteiger partial charge in [-0.1, -0.05) is 6.92 Å². The molecule has 0 N–H and O–H groups in total. The zero-order chi connectivity index (χ0) is 16.4. The van der Waals surface area contributed by atoms with E-state index in [1.54, 1.807) is 18.6 Å². The Morgan fingerprint density at radius 2 is 2.30 bits per heavy atom. The van der Waals surface area contributed by atoms with Crippen molar-refractivity contribution in [2.45, 2.75) is 19.4 Å². The van der Waals surface area contributed by atoms with Crippen LogP contribution in [0, 0.1) is 27.4 Å². The first-order valence-corrected chi connectivity index (χ1v) is 7.51. The fourth-order valence-corrected chi connectivity index (χ4v) is 3.12. The molecule has 1 aromatic heterocycles. The average molecular weight is 311 g/mol. The predicted octanol–water partition coefficient (Wildman–Crippen LogP) is 2.75. The van der Waals surface area contributed by atoms with Gasteiger partial charge in [0.2, 0.25) is 0 Å². The highest BCUT2D eigenvalue weighted by Crippen LogP contribution is 2.35. The lowest BCUT2D eigenvalue weighted by molar-refractivity contribution is -0.384. The molecule has 1 saturated heterocycles. The van der Waals surface area contributed by atoms with Crippen molar-refractivity contribution in [1.29, 1.82) is 5.26 Å². The maximum absolute atomic E-state index is 11.3. The summed E-state index contributed by atoms with van der Waals surface area (Å²) in [5.74, 6) is 0.457. The maximum atomic E-state index is 11.3. The van der Waals surface area contributed by atoms with E-state index in [2.05, 4.69) is 22.5 Å². The van der Waals surface area contributed by atoms with Gasteiger partial charge in [-0.25, -0.2) is 4.98 Å². The molecule has 1 aliphatic rings. The third-order valence-electron chi connectivity index (χ3n) is 4.47. The lowest BCUT2D eigenvalue weighted by Crippen LogP contribution is -2.40. The lowest BCUT2D eigenvalue weighted by atomic mass is 9.92. The number of hydrogen-bond donors (Lipinski definition) is 0. The Kier molecular flexibility index (Phi) is 3.98. The minimum absolute atomic E-state index is 0.0444. The minimum atomic E-state index is -0.388. The van der Waals surface area contributed by atoms with Crippen LogP contribution in [0.5, 0.6) is 0 Å². The SMILES string of the molecule is C[C@@H]1CCN(c2cc(C#N)ccc2[N+](=O)[O-])C[C@@H]1n1ccnc1. The lowest BCUT2D eigenvalue weighted by Gasteiger charge is -2.38. The zero-order valence-electron chi connectivity index (χ0n) is 12.8. The fraction of sp³-hybridized carbons (Fsp3) is 0.375. The molecular weight excluding hydrogens is 294 g/mol. The molecule has 118 valence electrons. The van der Waals surface area contributed by atoms with Crippen LogP contribution in [0.2, 0.25) is 0 Å². The Morgan fingerprint density at radius 1 is 1.48 bits per heavy atom. The second-order valence-corrected chi connectivity index (χ2v) is 5.86. The van der Waals surface area contributed by atoms with Gasteiger partial charge in [0.15, 0.2) is 0 Å². The number of benzene rings is 1. The zero-order valence-corrected chi connectivity index (χ0v) is 12.8. The van der Waals surface area contributed by atoms with Crippen molar-refractivity contribution in [3.8, 4) is 6.07 Å². The van der Waals surface area contributed by atoms with Crippen LogP contribution in [0.15, 0.2) is 36.9 Å². The molecule has 0 unspecified atom stereocenters. The monoisotopic (exact) mass is 311 g/mol. The van der Waals surface area contributed by atoms with Crippen molar-refractivity contribution in [3.63, 3.8) is 0 Å². The van der Waals surface area contributed by atoms with Crippen molar-refractivity contribution in [2.24, 2.45) is 5.92 Å². The van der Waals surface area contributed by atoms with Crippen LogP contribution in [0.3, 0.4) is 0 Å². The third kappa shape index (κ3) is 2.88. The van der Waals surface area contributed by atoms with Crippen LogP contribution >= 0.6 is 0 Å². The van der Waals surface area contributed by atoms with E-state index in [0.29, 0.717) is 23.7 Å². The summed E-state index contributed by atoms with van der Waals surface area (Å²) in [4.78, 5) is 17.0. The highest BCUT2D eigenvalue weighted by Gasteiger charge is 2.30. The molecule has 0 aliphatic carbocycles. The van der Waals surface area contributed by atoms with Gasteiger partial charge >= 0.3 is 0 Å². The standard InChI is InChI=1S/C16H17N5O2/c1-12-4-6-19(10-16(12)20-7-5-18-11-20)15-8-13(9-17)2-3-14(15)21(22)23/h2-3,5,7-8,11-12,16H,4,6,10H2,1H3/t12-,16+/m1/s1. The number of piperidine rings is 1. The van der Waals surface area contributed by atoms with E-state index in [1.165, 1.54) is 12.1 Å². The number of nitriles is 1. The molecule has 7 nitrogen and oxygen atoms in total. The molecule has 2 heterocycles. The van der Waals surface area contributed by atoms with Gasteiger partial charge in [-0.2, -0.15) is 5.26 Å². The molecule has 2 aromatic rings. The largest absolute Gasteiger partial charge is 0.364 e. The molecule has 1 fully saturated rings. The van der Waals surface area contributed by atoms with Crippen LogP contribution in [0.4, 0.5) is 11.4 Å². The van der Waals surface area contributed by atoms with E-state index < -0.39 is 0 Å². The van der Waals surface area contributed by atoms with Crippen LogP contribution in [0.25, 0.3) is 0 Å². The molecule has 0 amide bonds. The third-order valence-corrected chi connectivity index (χ3v) is 4.47. The molecule has 0 spiro atoms. The van der Waals surface area contributed by atoms with Crippen molar-refractivity contribution >= 4 is 11.4 Å². The quantitative estimate of drug-likeness (QED) is 0.642. The van der Waals surface area contributed by atoms with Crippen LogP contribution in [-0.4, -0.2) is 27.6 Å². The van der Waals surface area contributed by atoms with E-state index in [0.717, 1.165) is 13.0 Å². The number of aromatic nitrogens is 2. The predicted molar refractivity (Wildman–Crippen MR) is 85.1 cm³/mol. The van der Waals surface area contributed by atoms with E-state index in [1.807, 2.05) is 11.1 Å². The van der Waals surface area contributed by atoms with E-state index in [9.17, 15) is 10.1 Å². The number of imidazole rings is 1. The molecule has 2 atom stereocenters. The number of nitro groups is 1. The molecule has 7 heteroatoms. The summed E-state index contributed by atoms with van der Waals surface area (Å²) in [5.41, 5.74) is 0.998. The van der Waals surface area contributed by atoms with Gasteiger partial charge in [-0.3, -0.25) is 10.1 Å². The molecule has 0 radical (unpaired) electrons. The topological polar surface area (TPSA) is 88.0 Å². The molecule has 1 aliphatic heterocycles. The first-order chi connectivity index (χ1) is 11.1. The van der Waals surface area contributed by atoms with Gasteiger partial charge in [0.05, 0.1) is 28.9 Å². The van der Waals surface area contributed by atoms with Crippen molar-refractivity contribution < 1.29 is 4.92 Å². The highest BCUT2D eigenvalue weighted by atomic mass is 16.6. The van der Waals surface area contributed by atoms with Gasteiger partial charge in [0, 0.05) is 31.5 Å². The van der Waals surface area contributed by atoms with Gasteiger partial charge in [-0.15, -0.1) is 0 Å². The Balaban J connectivity index is 1.95. The van der Waals surface area contributed by atoms with Crippen LogP contribution in [0.1, 0.15) is 24.9 Å². The molecule has 3 rings (SSSR count). The smallest absolute Gasteiger partial charge is 0.292 e. The molecule has 1 aromatic carbocycles. The number of hydrogen-bond acceptors (Lipinski definition) is 5. The summed E-state index contributed by atoms with van der Waals surface area (Å²) < 4.78 is 2.05. The maximum Gasteiger partial charge on any atom is 0.292 e. The summed E-state index contributed by atoms with van der Waals surface area (Å²) in [5, 5.41) is 20.4. The van der Waals surface area contributed by atoms with E-state index >= 15 is 0 Å². The normalized spacial score (nSPS) is 21.0. The molecule has 0 saturated carbocycles. The van der Waals surface area contributed by atoms with Gasteiger partial charge in [0.1, 0.15) is 5.69 Å². The second kappa shape index (κ2) is 6.08. The number of rotatable bonds is 3. The van der Waals surface area contributed by atoms with Crippen molar-refractivity contribution in [2.75, 3.05) is 18.0 Å². The van der Waals surface area contributed by atoms with Gasteiger partial charge in [-0.05, 0) is 24.5 Å². The van der Waals surface area contributed by atoms with E-state index in [4.69, 9.17) is 5.26 Å². The second-order valence-electron chi connectivity index (χ2n) is 5.86. The Bertz CT molecular complexity index is 750. The summed E-state index contributed by atoms with van der Waals surface area (Å²) in [6.07, 6.45) is 6.37. The summed E-state index contributed by atoms with van der Waals surface area (Å²) >= 11 is 0. The molecule has 23 heavy (non-hydrogen) atoms. The van der Waals surface area contributed by atoms with Crippen molar-refractivity contribution in [3.05, 3.63) is 52.6 Å². The minimum Gasteiger partial charge on any atom is -0.364 e. The fourth-order valence-electron chi connectivity index (χ4n) is 3.12. The van der Waals surface area contributed by atoms with Crippen molar-refractivity contribution in [1.82, 2.24) is 9.55 Å². The highest BCUT2D eigenvalue weighted by molar-refractivity contribution is 5.66. The van der Waals surface area contributed by atoms with Gasteiger partial charge in [0.25, 0.3) is 5.69 Å². The Morgan fingerprint density at radius 3 is 2.96 bits per heavy atom. The number of nitrogens with zero attached hydrogens (tertiary/aromatic N) is 5. The Labute approximate surface area is 133 Å². The Hall–Kier alpha value is -2.88.